The lowest BCUT2D eigenvalue weighted by molar-refractivity contribution is 1.20. The number of nitrogens with zero attached hydrogens (tertiary/aromatic N) is 3. The standard InChI is InChI=1S/C72H37N3S3/c1-6-23-53-40(14-1)42-19-11-21-44-51-34-38(30-32-55(51)74(53)69(42)44)49-36-58-67(71-64(49)46-16-3-9-27-61(46)77-71)68-59(73(58)57-25-13-29-63-66(57)48-18-5-8-26-60(48)76-63)37-50(65-47-17-4-10-28-62(47)78-72(65)68)39-31-33-56-52(35-39)45-22-12-20-43-41-15-2-7-24-54(41)75(56)70(43)45/h1-37H. The molecule has 358 valence electrons. The van der Waals surface area contributed by atoms with Crippen LogP contribution in [0.4, 0.5) is 0 Å². The molecule has 0 spiro atoms. The van der Waals surface area contributed by atoms with E-state index in [9.17, 15) is 0 Å². The Kier molecular flexibility index (Phi) is 7.55. The molecule has 6 heteroatoms. The van der Waals surface area contributed by atoms with E-state index in [1.807, 2.05) is 34.0 Å². The SMILES string of the molecule is c1ccc2c(c1)sc1cccc(-n3c4cc(-c5ccc6c(c5)c5cccc7c8ccccc8n6c75)c5c6ccccc6sc5c4c4c5sc6ccccc6c5c(-c5ccc6c(c5)c5cccc7c8ccccc8n6c75)cc43)c12. The van der Waals surface area contributed by atoms with Crippen molar-refractivity contribution in [2.45, 2.75) is 0 Å². The summed E-state index contributed by atoms with van der Waals surface area (Å²) in [5, 5.41) is 20.9. The summed E-state index contributed by atoms with van der Waals surface area (Å²) in [6.07, 6.45) is 0. The number of para-hydroxylation sites is 4. The van der Waals surface area contributed by atoms with Crippen molar-refractivity contribution >= 4 is 193 Å². The minimum atomic E-state index is 1.21. The van der Waals surface area contributed by atoms with Crippen LogP contribution in [-0.2, 0) is 0 Å². The van der Waals surface area contributed by atoms with E-state index < -0.39 is 0 Å². The third-order valence-corrected chi connectivity index (χ3v) is 21.2. The Labute approximate surface area is 455 Å². The van der Waals surface area contributed by atoms with Crippen molar-refractivity contribution < 1.29 is 0 Å². The van der Waals surface area contributed by atoms with Crippen LogP contribution in [0.5, 0.6) is 0 Å². The maximum Gasteiger partial charge on any atom is 0.0620 e. The number of thiophene rings is 3. The highest BCUT2D eigenvalue weighted by atomic mass is 32.1. The molecule has 8 aromatic heterocycles. The Morgan fingerprint density at radius 2 is 0.628 bits per heavy atom. The van der Waals surface area contributed by atoms with Crippen molar-refractivity contribution in [3.63, 3.8) is 0 Å². The molecule has 20 aromatic rings. The number of hydrogen-bond acceptors (Lipinski definition) is 3. The van der Waals surface area contributed by atoms with E-state index in [4.69, 9.17) is 0 Å². The van der Waals surface area contributed by atoms with Gasteiger partial charge in [0.1, 0.15) is 0 Å². The van der Waals surface area contributed by atoms with E-state index >= 15 is 0 Å². The molecule has 0 aliphatic rings. The first-order valence-electron chi connectivity index (χ1n) is 26.7. The zero-order valence-corrected chi connectivity index (χ0v) is 43.9. The van der Waals surface area contributed by atoms with Gasteiger partial charge in [-0.2, -0.15) is 0 Å². The normalized spacial score (nSPS) is 12.9. The van der Waals surface area contributed by atoms with Gasteiger partial charge in [-0.05, 0) is 101 Å². The second-order valence-electron chi connectivity index (χ2n) is 21.4. The zero-order valence-electron chi connectivity index (χ0n) is 41.4. The fourth-order valence-corrected chi connectivity index (χ4v) is 18.3. The van der Waals surface area contributed by atoms with Gasteiger partial charge in [-0.15, -0.1) is 34.0 Å². The highest BCUT2D eigenvalue weighted by Gasteiger charge is 2.28. The van der Waals surface area contributed by atoms with E-state index in [-0.39, 0.29) is 0 Å². The number of rotatable bonds is 3. The van der Waals surface area contributed by atoms with E-state index in [0.29, 0.717) is 0 Å². The predicted octanol–water partition coefficient (Wildman–Crippen LogP) is 21.5. The van der Waals surface area contributed by atoms with Crippen LogP contribution >= 0.6 is 34.0 Å². The molecule has 3 nitrogen and oxygen atoms in total. The van der Waals surface area contributed by atoms with Crippen LogP contribution in [0.1, 0.15) is 0 Å². The molecule has 78 heavy (non-hydrogen) atoms. The van der Waals surface area contributed by atoms with E-state index in [1.54, 1.807) is 0 Å². The molecule has 0 bridgehead atoms. The summed E-state index contributed by atoms with van der Waals surface area (Å²) in [5.41, 5.74) is 16.2. The summed E-state index contributed by atoms with van der Waals surface area (Å²) >= 11 is 5.80. The summed E-state index contributed by atoms with van der Waals surface area (Å²) in [5.74, 6) is 0. The van der Waals surface area contributed by atoms with Gasteiger partial charge in [0, 0.05) is 114 Å². The maximum absolute atomic E-state index is 2.67. The Bertz CT molecular complexity index is 5760. The Balaban J connectivity index is 0.966. The summed E-state index contributed by atoms with van der Waals surface area (Å²) < 4.78 is 15.5. The molecule has 0 atom stereocenters. The molecule has 0 unspecified atom stereocenters. The van der Waals surface area contributed by atoms with Gasteiger partial charge in [-0.25, -0.2) is 0 Å². The molecule has 0 amide bonds. The number of hydrogen-bond donors (Lipinski definition) is 0. The lowest BCUT2D eigenvalue weighted by Gasteiger charge is -2.14. The minimum absolute atomic E-state index is 1.21. The van der Waals surface area contributed by atoms with Gasteiger partial charge < -0.3 is 13.4 Å². The molecule has 0 radical (unpaired) electrons. The van der Waals surface area contributed by atoms with Crippen LogP contribution in [-0.4, -0.2) is 13.4 Å². The average Bonchev–Trinajstić information content (AvgIpc) is 4.52. The highest BCUT2D eigenvalue weighted by molar-refractivity contribution is 7.28. The van der Waals surface area contributed by atoms with Crippen molar-refractivity contribution in [2.75, 3.05) is 0 Å². The molecule has 0 aliphatic carbocycles. The van der Waals surface area contributed by atoms with Gasteiger partial charge in [0.25, 0.3) is 0 Å². The fraction of sp³-hybridized carbons (Fsp3) is 0. The maximum atomic E-state index is 2.67. The monoisotopic (exact) mass is 1040 g/mol. The third-order valence-electron chi connectivity index (χ3n) is 17.7. The lowest BCUT2D eigenvalue weighted by atomic mass is 9.94. The number of benzene rings is 12. The van der Waals surface area contributed by atoms with Crippen LogP contribution in [0.25, 0.3) is 186 Å². The summed E-state index contributed by atoms with van der Waals surface area (Å²) in [6.45, 7) is 0. The molecule has 8 heterocycles. The van der Waals surface area contributed by atoms with Gasteiger partial charge in [0.2, 0.25) is 0 Å². The van der Waals surface area contributed by atoms with E-state index in [1.165, 1.54) is 186 Å². The zero-order chi connectivity index (χ0) is 50.2. The van der Waals surface area contributed by atoms with Gasteiger partial charge in [-0.1, -0.05) is 146 Å². The average molecular weight is 1040 g/mol. The fourth-order valence-electron chi connectivity index (χ4n) is 14.6. The lowest BCUT2D eigenvalue weighted by Crippen LogP contribution is -1.96. The number of aromatic nitrogens is 3. The van der Waals surface area contributed by atoms with Crippen LogP contribution in [0.3, 0.4) is 0 Å². The van der Waals surface area contributed by atoms with Crippen LogP contribution < -0.4 is 0 Å². The molecular formula is C72H37N3S3. The smallest absolute Gasteiger partial charge is 0.0620 e. The second-order valence-corrected chi connectivity index (χ2v) is 24.6. The Hall–Kier alpha value is -9.30. The molecule has 0 saturated carbocycles. The molecule has 0 saturated heterocycles. The van der Waals surface area contributed by atoms with Crippen molar-refractivity contribution in [1.29, 1.82) is 0 Å². The van der Waals surface area contributed by atoms with Crippen LogP contribution in [0.2, 0.25) is 0 Å². The summed E-state index contributed by atoms with van der Waals surface area (Å²) in [4.78, 5) is 0. The molecule has 12 aromatic carbocycles. The molecule has 20 rings (SSSR count). The quantitative estimate of drug-likeness (QED) is 0.167. The van der Waals surface area contributed by atoms with Gasteiger partial charge in [0.15, 0.2) is 0 Å². The van der Waals surface area contributed by atoms with Crippen molar-refractivity contribution in [1.82, 2.24) is 13.4 Å². The van der Waals surface area contributed by atoms with Crippen LogP contribution in [0.15, 0.2) is 224 Å². The Morgan fingerprint density at radius 1 is 0.244 bits per heavy atom. The van der Waals surface area contributed by atoms with Crippen molar-refractivity contribution in [3.05, 3.63) is 224 Å². The number of fused-ring (bicyclic) bond motifs is 26. The summed E-state index contributed by atoms with van der Waals surface area (Å²) in [7, 11) is 0. The molecule has 0 N–H and O–H groups in total. The summed E-state index contributed by atoms with van der Waals surface area (Å²) in [6, 6.07) is 85.4. The second kappa shape index (κ2) is 14.4. The van der Waals surface area contributed by atoms with E-state index in [0.717, 1.165) is 0 Å². The first kappa shape index (κ1) is 40.9. The van der Waals surface area contributed by atoms with Crippen molar-refractivity contribution in [3.8, 4) is 27.9 Å². The largest absolute Gasteiger partial charge is 0.308 e. The Morgan fingerprint density at radius 3 is 1.14 bits per heavy atom. The highest BCUT2D eigenvalue weighted by Crippen LogP contribution is 2.55. The first-order chi connectivity index (χ1) is 38.7. The van der Waals surface area contributed by atoms with Gasteiger partial charge >= 0.3 is 0 Å². The van der Waals surface area contributed by atoms with Gasteiger partial charge in [-0.3, -0.25) is 0 Å². The third kappa shape index (κ3) is 4.93. The van der Waals surface area contributed by atoms with Crippen LogP contribution in [0, 0.1) is 0 Å². The predicted molar refractivity (Wildman–Crippen MR) is 340 cm³/mol. The first-order valence-corrected chi connectivity index (χ1v) is 29.2. The molecule has 0 aliphatic heterocycles. The molecule has 0 fully saturated rings. The minimum Gasteiger partial charge on any atom is -0.308 e. The van der Waals surface area contributed by atoms with E-state index in [2.05, 4.69) is 238 Å². The molecular weight excluding hydrogens is 1000 g/mol. The van der Waals surface area contributed by atoms with Gasteiger partial charge in [0.05, 0.1) is 49.8 Å². The van der Waals surface area contributed by atoms with Crippen molar-refractivity contribution in [2.24, 2.45) is 0 Å². The topological polar surface area (TPSA) is 13.8 Å².